The van der Waals surface area contributed by atoms with Gasteiger partial charge in [-0.05, 0) is 17.7 Å². The Hall–Kier alpha value is -1.81. The van der Waals surface area contributed by atoms with Crippen molar-refractivity contribution in [3.05, 3.63) is 47.1 Å². The van der Waals surface area contributed by atoms with Crippen LogP contribution in [0.25, 0.3) is 0 Å². The van der Waals surface area contributed by atoms with E-state index in [1.165, 1.54) is 0 Å². The van der Waals surface area contributed by atoms with Crippen molar-refractivity contribution in [3.8, 4) is 0 Å². The van der Waals surface area contributed by atoms with Crippen LogP contribution in [0.2, 0.25) is 5.02 Å². The summed E-state index contributed by atoms with van der Waals surface area (Å²) in [5, 5.41) is 3.78. The number of nitrogens with one attached hydrogen (secondary N) is 1. The molecule has 0 bridgehead atoms. The van der Waals surface area contributed by atoms with Crippen LogP contribution in [0, 0.1) is 0 Å². The first-order chi connectivity index (χ1) is 7.75. The van der Waals surface area contributed by atoms with Gasteiger partial charge in [0.1, 0.15) is 5.82 Å². The summed E-state index contributed by atoms with van der Waals surface area (Å²) < 4.78 is 0. The Morgan fingerprint density at radius 3 is 2.81 bits per heavy atom. The van der Waals surface area contributed by atoms with E-state index in [1.807, 2.05) is 24.3 Å². The van der Waals surface area contributed by atoms with Crippen molar-refractivity contribution in [2.45, 2.75) is 6.54 Å². The van der Waals surface area contributed by atoms with Gasteiger partial charge >= 0.3 is 0 Å². The standard InChI is InChI=1S/C11H11ClN4/c12-9-4-2-1-3-8(9)7-15-11-14-6-5-10(13)16-11/h1-6H,7H2,(H3,13,14,15,16). The van der Waals surface area contributed by atoms with Crippen LogP contribution in [0.4, 0.5) is 11.8 Å². The predicted octanol–water partition coefficient (Wildman–Crippen LogP) is 2.32. The SMILES string of the molecule is Nc1ccnc(NCc2ccccc2Cl)n1. The highest BCUT2D eigenvalue weighted by atomic mass is 35.5. The van der Waals surface area contributed by atoms with Gasteiger partial charge in [-0.1, -0.05) is 29.8 Å². The number of halogens is 1. The Kier molecular flexibility index (Phi) is 3.22. The molecule has 82 valence electrons. The van der Waals surface area contributed by atoms with Gasteiger partial charge in [-0.25, -0.2) is 4.98 Å². The summed E-state index contributed by atoms with van der Waals surface area (Å²) in [6.45, 7) is 0.573. The van der Waals surface area contributed by atoms with E-state index in [-0.39, 0.29) is 0 Å². The monoisotopic (exact) mass is 234 g/mol. The lowest BCUT2D eigenvalue weighted by molar-refractivity contribution is 1.06. The predicted molar refractivity (Wildman–Crippen MR) is 65.2 cm³/mol. The minimum absolute atomic E-state index is 0.441. The fraction of sp³-hybridized carbons (Fsp3) is 0.0909. The van der Waals surface area contributed by atoms with Crippen LogP contribution in [0.15, 0.2) is 36.5 Å². The number of anilines is 2. The third-order valence-electron chi connectivity index (χ3n) is 2.07. The number of aromatic nitrogens is 2. The maximum atomic E-state index is 6.02. The smallest absolute Gasteiger partial charge is 0.224 e. The van der Waals surface area contributed by atoms with Gasteiger partial charge in [0.25, 0.3) is 0 Å². The van der Waals surface area contributed by atoms with Crippen molar-refractivity contribution in [2.24, 2.45) is 0 Å². The van der Waals surface area contributed by atoms with Crippen LogP contribution in [-0.4, -0.2) is 9.97 Å². The Bertz CT molecular complexity index is 487. The Balaban J connectivity index is 2.05. The highest BCUT2D eigenvalue weighted by molar-refractivity contribution is 6.31. The Morgan fingerprint density at radius 1 is 1.25 bits per heavy atom. The van der Waals surface area contributed by atoms with E-state index in [0.29, 0.717) is 18.3 Å². The van der Waals surface area contributed by atoms with Gasteiger partial charge in [0, 0.05) is 17.8 Å². The lowest BCUT2D eigenvalue weighted by Crippen LogP contribution is -2.05. The maximum absolute atomic E-state index is 6.02. The van der Waals surface area contributed by atoms with Gasteiger partial charge in [-0.3, -0.25) is 0 Å². The van der Waals surface area contributed by atoms with Gasteiger partial charge < -0.3 is 11.1 Å². The number of nitrogen functional groups attached to an aromatic ring is 1. The summed E-state index contributed by atoms with van der Waals surface area (Å²) in [6.07, 6.45) is 1.61. The van der Waals surface area contributed by atoms with E-state index in [9.17, 15) is 0 Å². The molecule has 0 radical (unpaired) electrons. The van der Waals surface area contributed by atoms with Crippen molar-refractivity contribution < 1.29 is 0 Å². The first-order valence-electron chi connectivity index (χ1n) is 4.81. The molecule has 3 N–H and O–H groups in total. The molecule has 1 aromatic carbocycles. The number of nitrogens with zero attached hydrogens (tertiary/aromatic N) is 2. The minimum atomic E-state index is 0.441. The number of nitrogens with two attached hydrogens (primary N) is 1. The molecule has 5 heteroatoms. The van der Waals surface area contributed by atoms with Crippen molar-refractivity contribution in [2.75, 3.05) is 11.1 Å². The van der Waals surface area contributed by atoms with Crippen LogP contribution in [0.3, 0.4) is 0 Å². The molecule has 2 aromatic rings. The zero-order chi connectivity index (χ0) is 11.4. The molecule has 1 aromatic heterocycles. The van der Waals surface area contributed by atoms with Gasteiger partial charge in [0.2, 0.25) is 5.95 Å². The molecule has 1 heterocycles. The molecule has 0 saturated carbocycles. The molecule has 4 nitrogen and oxygen atoms in total. The summed E-state index contributed by atoms with van der Waals surface area (Å²) in [5.41, 5.74) is 6.54. The molecule has 0 atom stereocenters. The quantitative estimate of drug-likeness (QED) is 0.856. The Labute approximate surface area is 98.5 Å². The lowest BCUT2D eigenvalue weighted by Gasteiger charge is -2.06. The normalized spacial score (nSPS) is 10.1. The van der Waals surface area contributed by atoms with E-state index in [1.54, 1.807) is 12.3 Å². The molecule has 2 rings (SSSR count). The second kappa shape index (κ2) is 4.81. The van der Waals surface area contributed by atoms with Gasteiger partial charge in [0.05, 0.1) is 0 Å². The average molecular weight is 235 g/mol. The van der Waals surface area contributed by atoms with E-state index >= 15 is 0 Å². The molecule has 16 heavy (non-hydrogen) atoms. The molecule has 0 aliphatic heterocycles. The number of hydrogen-bond donors (Lipinski definition) is 2. The lowest BCUT2D eigenvalue weighted by atomic mass is 10.2. The zero-order valence-electron chi connectivity index (χ0n) is 8.52. The molecule has 0 aliphatic carbocycles. The van der Waals surface area contributed by atoms with Crippen molar-refractivity contribution in [1.29, 1.82) is 0 Å². The second-order valence-corrected chi connectivity index (χ2v) is 3.66. The van der Waals surface area contributed by atoms with Crippen LogP contribution in [-0.2, 0) is 6.54 Å². The fourth-order valence-electron chi connectivity index (χ4n) is 1.27. The average Bonchev–Trinajstić information content (AvgIpc) is 2.28. The summed E-state index contributed by atoms with van der Waals surface area (Å²) >= 11 is 6.02. The molecular formula is C11H11ClN4. The van der Waals surface area contributed by atoms with Crippen molar-refractivity contribution >= 4 is 23.4 Å². The van der Waals surface area contributed by atoms with E-state index < -0.39 is 0 Å². The van der Waals surface area contributed by atoms with Gasteiger partial charge in [-0.15, -0.1) is 0 Å². The molecule has 0 amide bonds. The third kappa shape index (κ3) is 2.61. The summed E-state index contributed by atoms with van der Waals surface area (Å²) in [5.74, 6) is 0.941. The van der Waals surface area contributed by atoms with E-state index in [0.717, 1.165) is 10.6 Å². The van der Waals surface area contributed by atoms with Crippen LogP contribution < -0.4 is 11.1 Å². The van der Waals surface area contributed by atoms with Crippen molar-refractivity contribution in [1.82, 2.24) is 9.97 Å². The first kappa shape index (κ1) is 10.7. The topological polar surface area (TPSA) is 63.8 Å². The number of rotatable bonds is 3. The third-order valence-corrected chi connectivity index (χ3v) is 2.44. The molecule has 0 saturated heterocycles. The maximum Gasteiger partial charge on any atom is 0.224 e. The second-order valence-electron chi connectivity index (χ2n) is 3.25. The zero-order valence-corrected chi connectivity index (χ0v) is 9.28. The highest BCUT2D eigenvalue weighted by Crippen LogP contribution is 2.15. The van der Waals surface area contributed by atoms with Crippen LogP contribution >= 0.6 is 11.6 Å². The summed E-state index contributed by atoms with van der Waals surface area (Å²) in [4.78, 5) is 8.07. The molecule has 0 spiro atoms. The highest BCUT2D eigenvalue weighted by Gasteiger charge is 2.00. The minimum Gasteiger partial charge on any atom is -0.384 e. The first-order valence-corrected chi connectivity index (χ1v) is 5.19. The van der Waals surface area contributed by atoms with Crippen LogP contribution in [0.1, 0.15) is 5.56 Å². The van der Waals surface area contributed by atoms with Gasteiger partial charge in [0.15, 0.2) is 0 Å². The summed E-state index contributed by atoms with van der Waals surface area (Å²) in [6, 6.07) is 9.26. The van der Waals surface area contributed by atoms with Crippen LogP contribution in [0.5, 0.6) is 0 Å². The molecule has 0 aliphatic rings. The van der Waals surface area contributed by atoms with Crippen molar-refractivity contribution in [3.63, 3.8) is 0 Å². The number of hydrogen-bond acceptors (Lipinski definition) is 4. The molecule has 0 unspecified atom stereocenters. The van der Waals surface area contributed by atoms with E-state index in [2.05, 4.69) is 15.3 Å². The number of benzene rings is 1. The molecule has 0 fully saturated rings. The summed E-state index contributed by atoms with van der Waals surface area (Å²) in [7, 11) is 0. The largest absolute Gasteiger partial charge is 0.384 e. The Morgan fingerprint density at radius 2 is 2.06 bits per heavy atom. The fourth-order valence-corrected chi connectivity index (χ4v) is 1.48. The van der Waals surface area contributed by atoms with E-state index in [4.69, 9.17) is 17.3 Å². The molecular weight excluding hydrogens is 224 g/mol. The van der Waals surface area contributed by atoms with Gasteiger partial charge in [-0.2, -0.15) is 4.98 Å².